The maximum absolute atomic E-state index is 10.9. The van der Waals surface area contributed by atoms with E-state index in [-0.39, 0.29) is 0 Å². The molecule has 1 aromatic carbocycles. The van der Waals surface area contributed by atoms with Crippen LogP contribution in [-0.4, -0.2) is 26.9 Å². The molecule has 18 heavy (non-hydrogen) atoms. The molecule has 1 aromatic heterocycles. The number of aliphatic carboxylic acids is 1. The smallest absolute Gasteiger partial charge is 0.322 e. The van der Waals surface area contributed by atoms with E-state index in [0.29, 0.717) is 13.1 Å². The largest absolute Gasteiger partial charge is 0.480 e. The molecule has 0 aliphatic carbocycles. The molecule has 1 aliphatic rings. The number of nitrogens with zero attached hydrogens (tertiary/aromatic N) is 2. The average molecular weight is 243 g/mol. The Hall–Kier alpha value is -2.14. The summed E-state index contributed by atoms with van der Waals surface area (Å²) >= 11 is 0. The van der Waals surface area contributed by atoms with Crippen molar-refractivity contribution in [3.8, 4) is 11.3 Å². The van der Waals surface area contributed by atoms with Crippen molar-refractivity contribution in [3.63, 3.8) is 0 Å². The van der Waals surface area contributed by atoms with Gasteiger partial charge in [-0.3, -0.25) is 14.8 Å². The fourth-order valence-electron chi connectivity index (χ4n) is 2.14. The summed E-state index contributed by atoms with van der Waals surface area (Å²) in [6.45, 7) is 0.911. The van der Waals surface area contributed by atoms with E-state index < -0.39 is 12.0 Å². The fraction of sp³-hybridized carbons (Fsp3) is 0.231. The second kappa shape index (κ2) is 4.27. The number of benzene rings is 1. The van der Waals surface area contributed by atoms with Crippen molar-refractivity contribution in [2.45, 2.75) is 19.1 Å². The van der Waals surface area contributed by atoms with Gasteiger partial charge in [0.2, 0.25) is 0 Å². The Bertz CT molecular complexity index is 577. The van der Waals surface area contributed by atoms with E-state index in [1.165, 1.54) is 0 Å². The van der Waals surface area contributed by atoms with Crippen LogP contribution in [0.25, 0.3) is 11.3 Å². The highest BCUT2D eigenvalue weighted by molar-refractivity contribution is 5.73. The van der Waals surface area contributed by atoms with Crippen LogP contribution < -0.4 is 5.32 Å². The zero-order valence-electron chi connectivity index (χ0n) is 9.71. The third-order valence-electron chi connectivity index (χ3n) is 3.12. The number of carboxylic acids is 1. The summed E-state index contributed by atoms with van der Waals surface area (Å²) in [6.07, 6.45) is 0. The number of carboxylic acid groups (broad SMARTS) is 1. The normalized spacial score (nSPS) is 18.3. The first-order chi connectivity index (χ1) is 8.74. The van der Waals surface area contributed by atoms with E-state index in [4.69, 9.17) is 5.11 Å². The van der Waals surface area contributed by atoms with Crippen molar-refractivity contribution in [1.29, 1.82) is 0 Å². The van der Waals surface area contributed by atoms with Crippen molar-refractivity contribution in [3.05, 3.63) is 42.1 Å². The molecule has 0 fully saturated rings. The molecule has 0 bridgehead atoms. The topological polar surface area (TPSA) is 67.1 Å². The summed E-state index contributed by atoms with van der Waals surface area (Å²) in [5.41, 5.74) is 2.95. The SMILES string of the molecule is O=C(O)C1Cn2nc(-c3ccccc3)cc2CN1. The number of fused-ring (bicyclic) bond motifs is 1. The van der Waals surface area contributed by atoms with E-state index in [1.807, 2.05) is 36.4 Å². The second-order valence-corrected chi connectivity index (χ2v) is 4.34. The highest BCUT2D eigenvalue weighted by Crippen LogP contribution is 2.20. The lowest BCUT2D eigenvalue weighted by atomic mass is 10.1. The molecule has 1 atom stereocenters. The number of rotatable bonds is 2. The predicted octanol–water partition coefficient (Wildman–Crippen LogP) is 1.11. The van der Waals surface area contributed by atoms with Gasteiger partial charge in [0, 0.05) is 12.1 Å². The molecular formula is C13H13N3O2. The Labute approximate surface area is 104 Å². The third-order valence-corrected chi connectivity index (χ3v) is 3.12. The Morgan fingerprint density at radius 1 is 1.39 bits per heavy atom. The molecule has 0 spiro atoms. The molecule has 1 aliphatic heterocycles. The van der Waals surface area contributed by atoms with Gasteiger partial charge < -0.3 is 5.11 Å². The minimum atomic E-state index is -0.836. The van der Waals surface area contributed by atoms with Gasteiger partial charge in [0.1, 0.15) is 6.04 Å². The fourth-order valence-corrected chi connectivity index (χ4v) is 2.14. The molecule has 92 valence electrons. The van der Waals surface area contributed by atoms with E-state index in [0.717, 1.165) is 17.0 Å². The summed E-state index contributed by atoms with van der Waals surface area (Å²) in [5.74, 6) is -0.836. The number of carbonyl (C=O) groups is 1. The van der Waals surface area contributed by atoms with Crippen molar-refractivity contribution >= 4 is 5.97 Å². The van der Waals surface area contributed by atoms with Crippen molar-refractivity contribution in [2.75, 3.05) is 0 Å². The van der Waals surface area contributed by atoms with Crippen molar-refractivity contribution in [2.24, 2.45) is 0 Å². The van der Waals surface area contributed by atoms with E-state index in [1.54, 1.807) is 4.68 Å². The van der Waals surface area contributed by atoms with Crippen LogP contribution in [0.15, 0.2) is 36.4 Å². The molecule has 1 unspecified atom stereocenters. The highest BCUT2D eigenvalue weighted by atomic mass is 16.4. The minimum Gasteiger partial charge on any atom is -0.480 e. The first-order valence-corrected chi connectivity index (χ1v) is 5.82. The van der Waals surface area contributed by atoms with Gasteiger partial charge in [-0.2, -0.15) is 5.10 Å². The van der Waals surface area contributed by atoms with Gasteiger partial charge in [-0.1, -0.05) is 30.3 Å². The second-order valence-electron chi connectivity index (χ2n) is 4.34. The van der Waals surface area contributed by atoms with Gasteiger partial charge in [-0.25, -0.2) is 0 Å². The highest BCUT2D eigenvalue weighted by Gasteiger charge is 2.24. The Balaban J connectivity index is 1.92. The summed E-state index contributed by atoms with van der Waals surface area (Å²) in [6, 6.07) is 11.3. The van der Waals surface area contributed by atoms with Crippen LogP contribution in [0.1, 0.15) is 5.69 Å². The Morgan fingerprint density at radius 3 is 2.89 bits per heavy atom. The molecule has 5 nitrogen and oxygen atoms in total. The van der Waals surface area contributed by atoms with Crippen LogP contribution in [0.2, 0.25) is 0 Å². The molecule has 2 aromatic rings. The lowest BCUT2D eigenvalue weighted by molar-refractivity contribution is -0.140. The molecule has 0 radical (unpaired) electrons. The first kappa shape index (κ1) is 11.0. The van der Waals surface area contributed by atoms with Crippen LogP contribution in [0.5, 0.6) is 0 Å². The predicted molar refractivity (Wildman–Crippen MR) is 65.9 cm³/mol. The van der Waals surface area contributed by atoms with Gasteiger partial charge in [0.25, 0.3) is 0 Å². The molecule has 0 saturated heterocycles. The van der Waals surface area contributed by atoms with Gasteiger partial charge in [0.05, 0.1) is 17.9 Å². The zero-order valence-corrected chi connectivity index (χ0v) is 9.71. The van der Waals surface area contributed by atoms with Crippen LogP contribution >= 0.6 is 0 Å². The summed E-state index contributed by atoms with van der Waals surface area (Å²) in [4.78, 5) is 10.9. The number of aromatic nitrogens is 2. The lowest BCUT2D eigenvalue weighted by Crippen LogP contribution is -2.44. The molecule has 5 heteroatoms. The van der Waals surface area contributed by atoms with Gasteiger partial charge in [0.15, 0.2) is 0 Å². The zero-order chi connectivity index (χ0) is 12.5. The van der Waals surface area contributed by atoms with Crippen molar-refractivity contribution < 1.29 is 9.90 Å². The number of hydrogen-bond donors (Lipinski definition) is 2. The molecule has 3 rings (SSSR count). The quantitative estimate of drug-likeness (QED) is 0.829. The number of nitrogens with one attached hydrogen (secondary N) is 1. The van der Waals surface area contributed by atoms with Crippen LogP contribution in [0, 0.1) is 0 Å². The molecular weight excluding hydrogens is 230 g/mol. The minimum absolute atomic E-state index is 0.373. The van der Waals surface area contributed by atoms with E-state index in [9.17, 15) is 4.79 Å². The van der Waals surface area contributed by atoms with Crippen LogP contribution in [0.3, 0.4) is 0 Å². The van der Waals surface area contributed by atoms with Gasteiger partial charge >= 0.3 is 5.97 Å². The first-order valence-electron chi connectivity index (χ1n) is 5.82. The van der Waals surface area contributed by atoms with Gasteiger partial charge in [-0.05, 0) is 6.07 Å². The monoisotopic (exact) mass is 243 g/mol. The molecule has 2 heterocycles. The molecule has 0 amide bonds. The average Bonchev–Trinajstić information content (AvgIpc) is 2.82. The van der Waals surface area contributed by atoms with Crippen molar-refractivity contribution in [1.82, 2.24) is 15.1 Å². The van der Waals surface area contributed by atoms with Gasteiger partial charge in [-0.15, -0.1) is 0 Å². The summed E-state index contributed by atoms with van der Waals surface area (Å²) in [5, 5.41) is 16.4. The maximum Gasteiger partial charge on any atom is 0.322 e. The summed E-state index contributed by atoms with van der Waals surface area (Å²) < 4.78 is 1.78. The molecule has 2 N–H and O–H groups in total. The third kappa shape index (κ3) is 1.89. The Morgan fingerprint density at radius 2 is 2.17 bits per heavy atom. The Kier molecular flexibility index (Phi) is 2.60. The van der Waals surface area contributed by atoms with E-state index in [2.05, 4.69) is 10.4 Å². The van der Waals surface area contributed by atoms with E-state index >= 15 is 0 Å². The number of hydrogen-bond acceptors (Lipinski definition) is 3. The summed E-state index contributed by atoms with van der Waals surface area (Å²) in [7, 11) is 0. The molecule has 0 saturated carbocycles. The maximum atomic E-state index is 10.9. The lowest BCUT2D eigenvalue weighted by Gasteiger charge is -2.21. The van der Waals surface area contributed by atoms with Crippen LogP contribution in [-0.2, 0) is 17.9 Å². The van der Waals surface area contributed by atoms with Crippen LogP contribution in [0.4, 0.5) is 0 Å². The standard InChI is InChI=1S/C13H13N3O2/c17-13(18)12-8-16-10(7-14-12)6-11(15-16)9-4-2-1-3-5-9/h1-6,12,14H,7-8H2,(H,17,18).